The molecule has 0 saturated carbocycles. The molecule has 0 saturated heterocycles. The Morgan fingerprint density at radius 3 is 2.48 bits per heavy atom. The van der Waals surface area contributed by atoms with E-state index in [4.69, 9.17) is 5.11 Å². The topological polar surface area (TPSA) is 65.8 Å². The number of imidazole rings is 1. The zero-order valence-electron chi connectivity index (χ0n) is 13.9. The number of benzene rings is 1. The summed E-state index contributed by atoms with van der Waals surface area (Å²) in [7, 11) is 3.89. The number of aryl methyl sites for hydroxylation is 2. The molecule has 23 heavy (non-hydrogen) atoms. The highest BCUT2D eigenvalue weighted by Crippen LogP contribution is 2.18. The fourth-order valence-corrected chi connectivity index (χ4v) is 2.29. The van der Waals surface area contributed by atoms with Crippen molar-refractivity contribution in [3.63, 3.8) is 0 Å². The van der Waals surface area contributed by atoms with Gasteiger partial charge in [-0.25, -0.2) is 9.13 Å². The molecule has 0 fully saturated rings. The molecule has 0 aliphatic carbocycles. The lowest BCUT2D eigenvalue weighted by atomic mass is 10.2. The van der Waals surface area contributed by atoms with Crippen LogP contribution in [-0.4, -0.2) is 22.8 Å². The van der Waals surface area contributed by atoms with Gasteiger partial charge in [0.1, 0.15) is 5.69 Å². The van der Waals surface area contributed by atoms with Gasteiger partial charge < -0.3 is 10.4 Å². The van der Waals surface area contributed by atoms with E-state index in [1.165, 1.54) is 0 Å². The van der Waals surface area contributed by atoms with E-state index in [2.05, 4.69) is 15.5 Å². The van der Waals surface area contributed by atoms with Crippen molar-refractivity contribution in [1.29, 1.82) is 0 Å². The van der Waals surface area contributed by atoms with Gasteiger partial charge in [-0.2, -0.15) is 0 Å². The Morgan fingerprint density at radius 2 is 1.83 bits per heavy atom. The Morgan fingerprint density at radius 1 is 1.09 bits per heavy atom. The van der Waals surface area contributed by atoms with Gasteiger partial charge in [-0.3, -0.25) is 0 Å². The second kappa shape index (κ2) is 9.05. The van der Waals surface area contributed by atoms with Crippen LogP contribution >= 0.6 is 0 Å². The summed E-state index contributed by atoms with van der Waals surface area (Å²) in [5.41, 5.74) is 1.93. The molecule has 0 radical (unpaired) electrons. The number of hydrogen-bond donors (Lipinski definition) is 2. The minimum absolute atomic E-state index is 0.296. The van der Waals surface area contributed by atoms with E-state index in [1.807, 2.05) is 59.9 Å². The van der Waals surface area contributed by atoms with E-state index < -0.39 is 0 Å². The van der Waals surface area contributed by atoms with Crippen molar-refractivity contribution in [3.05, 3.63) is 36.7 Å². The van der Waals surface area contributed by atoms with Crippen LogP contribution in [0.4, 0.5) is 17.3 Å². The van der Waals surface area contributed by atoms with E-state index >= 15 is 0 Å². The third-order valence-corrected chi connectivity index (χ3v) is 3.68. The van der Waals surface area contributed by atoms with Crippen LogP contribution in [0, 0.1) is 0 Å². The average Bonchev–Trinajstić information content (AvgIpc) is 2.88. The molecule has 0 bridgehead atoms. The predicted molar refractivity (Wildman–Crippen MR) is 91.3 cm³/mol. The normalized spacial score (nSPS) is 11.3. The van der Waals surface area contributed by atoms with Crippen LogP contribution in [0.2, 0.25) is 0 Å². The van der Waals surface area contributed by atoms with E-state index in [-0.39, 0.29) is 0 Å². The molecule has 2 rings (SSSR count). The summed E-state index contributed by atoms with van der Waals surface area (Å²) in [4.78, 5) is 0. The van der Waals surface area contributed by atoms with Crippen LogP contribution in [0.25, 0.3) is 0 Å². The van der Waals surface area contributed by atoms with Gasteiger partial charge >= 0.3 is 5.95 Å². The number of anilines is 1. The highest BCUT2D eigenvalue weighted by Gasteiger charge is 2.10. The lowest BCUT2D eigenvalue weighted by Gasteiger charge is -2.05. The number of hydrogen-bond acceptors (Lipinski definition) is 4. The molecule has 0 aliphatic rings. The van der Waals surface area contributed by atoms with Gasteiger partial charge in [-0.05, 0) is 37.1 Å². The van der Waals surface area contributed by atoms with E-state index in [0.29, 0.717) is 6.61 Å². The van der Waals surface area contributed by atoms with Crippen molar-refractivity contribution in [3.8, 4) is 0 Å². The summed E-state index contributed by atoms with van der Waals surface area (Å²) in [6.07, 6.45) is 8.15. The first-order valence-corrected chi connectivity index (χ1v) is 8.08. The number of nitrogens with one attached hydrogen (secondary N) is 1. The number of aliphatic hydroxyl groups excluding tert-OH is 1. The van der Waals surface area contributed by atoms with Crippen molar-refractivity contribution in [2.45, 2.75) is 25.7 Å². The molecule has 0 unspecified atom stereocenters. The predicted octanol–water partition coefficient (Wildman–Crippen LogP) is 3.23. The molecule has 6 heteroatoms. The molecular weight excluding hydrogens is 290 g/mol. The van der Waals surface area contributed by atoms with E-state index in [1.54, 1.807) is 0 Å². The van der Waals surface area contributed by atoms with Crippen molar-refractivity contribution < 1.29 is 9.67 Å². The van der Waals surface area contributed by atoms with E-state index in [9.17, 15) is 0 Å². The Labute approximate surface area is 137 Å². The Bertz CT molecular complexity index is 599. The first kappa shape index (κ1) is 17.1. The lowest BCUT2D eigenvalue weighted by Crippen LogP contribution is -2.25. The Balaban J connectivity index is 1.80. The molecule has 0 atom stereocenters. The molecule has 0 aliphatic heterocycles. The fourth-order valence-electron chi connectivity index (χ4n) is 2.29. The number of azo groups is 1. The third kappa shape index (κ3) is 5.49. The van der Waals surface area contributed by atoms with Crippen LogP contribution in [-0.2, 0) is 14.1 Å². The van der Waals surface area contributed by atoms with Gasteiger partial charge in [0.2, 0.25) is 0 Å². The number of rotatable bonds is 9. The standard InChI is InChI=1S/C17H25N5O/c1-21-12-13-22(2)17(21)20-19-16-9-7-15(8-10-16)18-11-5-3-4-6-14-23/h7-10,12-13,23H,3-6,11,14H2,1-2H3/p+1. The van der Waals surface area contributed by atoms with Gasteiger partial charge in [0, 0.05) is 24.0 Å². The zero-order valence-corrected chi connectivity index (χ0v) is 13.9. The number of aliphatic hydroxyl groups is 1. The maximum absolute atomic E-state index is 8.73. The van der Waals surface area contributed by atoms with Crippen LogP contribution in [0.3, 0.4) is 0 Å². The Hall–Kier alpha value is -2.21. The van der Waals surface area contributed by atoms with Crippen LogP contribution in [0.1, 0.15) is 25.7 Å². The number of aromatic nitrogens is 2. The number of nitrogens with zero attached hydrogens (tertiary/aromatic N) is 4. The third-order valence-electron chi connectivity index (χ3n) is 3.68. The largest absolute Gasteiger partial charge is 0.421 e. The van der Waals surface area contributed by atoms with Crippen LogP contribution in [0.5, 0.6) is 0 Å². The monoisotopic (exact) mass is 316 g/mol. The molecule has 1 heterocycles. The first-order chi connectivity index (χ1) is 11.2. The van der Waals surface area contributed by atoms with Crippen LogP contribution in [0.15, 0.2) is 46.9 Å². The SMILES string of the molecule is Cn1cc[n+](C)c1/N=N/c1ccc(NCCCCCCO)cc1. The quantitative estimate of drug-likeness (QED) is 0.424. The second-order valence-electron chi connectivity index (χ2n) is 5.63. The number of unbranched alkanes of at least 4 members (excludes halogenated alkanes) is 3. The molecule has 2 N–H and O–H groups in total. The minimum Gasteiger partial charge on any atom is -0.396 e. The van der Waals surface area contributed by atoms with Crippen molar-refractivity contribution in [2.24, 2.45) is 24.3 Å². The summed E-state index contributed by atoms with van der Waals surface area (Å²) >= 11 is 0. The molecule has 1 aromatic heterocycles. The van der Waals surface area contributed by atoms with Gasteiger partial charge in [-0.15, -0.1) is 0 Å². The summed E-state index contributed by atoms with van der Waals surface area (Å²) < 4.78 is 3.85. The summed E-state index contributed by atoms with van der Waals surface area (Å²) in [5, 5.41) is 20.7. The molecule has 0 amide bonds. The summed E-state index contributed by atoms with van der Waals surface area (Å²) in [5.74, 6) is 0.801. The molecule has 1 aromatic carbocycles. The molecule has 2 aromatic rings. The second-order valence-corrected chi connectivity index (χ2v) is 5.63. The van der Waals surface area contributed by atoms with E-state index in [0.717, 1.165) is 49.6 Å². The van der Waals surface area contributed by atoms with Gasteiger partial charge in [0.05, 0.1) is 26.5 Å². The molecular formula is C17H26N5O+. The van der Waals surface area contributed by atoms with Crippen molar-refractivity contribution in [2.75, 3.05) is 18.5 Å². The molecule has 0 spiro atoms. The minimum atomic E-state index is 0.296. The van der Waals surface area contributed by atoms with Gasteiger partial charge in [0.15, 0.2) is 0 Å². The van der Waals surface area contributed by atoms with Crippen molar-refractivity contribution in [1.82, 2.24) is 4.57 Å². The molecule has 6 nitrogen and oxygen atoms in total. The smallest absolute Gasteiger partial charge is 0.396 e. The Kier molecular flexibility index (Phi) is 6.75. The van der Waals surface area contributed by atoms with Crippen LogP contribution < -0.4 is 9.88 Å². The maximum Gasteiger partial charge on any atom is 0.421 e. The molecule has 124 valence electrons. The fraction of sp³-hybridized carbons (Fsp3) is 0.471. The zero-order chi connectivity index (χ0) is 16.5. The first-order valence-electron chi connectivity index (χ1n) is 8.08. The average molecular weight is 316 g/mol. The maximum atomic E-state index is 8.73. The summed E-state index contributed by atoms with van der Waals surface area (Å²) in [6.45, 7) is 1.25. The highest BCUT2D eigenvalue weighted by atomic mass is 16.2. The van der Waals surface area contributed by atoms with Gasteiger partial charge in [-0.1, -0.05) is 18.0 Å². The highest BCUT2D eigenvalue weighted by molar-refractivity contribution is 5.50. The van der Waals surface area contributed by atoms with Crippen molar-refractivity contribution >= 4 is 17.3 Å². The summed E-state index contributed by atoms with van der Waals surface area (Å²) in [6, 6.07) is 7.96. The van der Waals surface area contributed by atoms with Gasteiger partial charge in [0.25, 0.3) is 0 Å². The lowest BCUT2D eigenvalue weighted by molar-refractivity contribution is -0.657.